The van der Waals surface area contributed by atoms with Crippen LogP contribution in [-0.2, 0) is 9.59 Å². The van der Waals surface area contributed by atoms with Crippen LogP contribution in [0.5, 0.6) is 0 Å². The summed E-state index contributed by atoms with van der Waals surface area (Å²) in [4.78, 5) is 27.5. The average molecular weight is 413 g/mol. The number of anilines is 1. The van der Waals surface area contributed by atoms with Crippen molar-refractivity contribution >= 4 is 23.5 Å². The molecule has 4 nitrogen and oxygen atoms in total. The fourth-order valence-corrected chi connectivity index (χ4v) is 3.61. The molecule has 0 aliphatic carbocycles. The number of carbonyl (C=O) groups is 2. The van der Waals surface area contributed by atoms with Gasteiger partial charge in [-0.3, -0.25) is 14.5 Å². The SMILES string of the molecule is Cc1ccc(N2C(=O)C(O)=C(C(=O)/C=C/c3ccccc3)[C@H]2c2ccc(F)cc2)cc1. The molecule has 1 aliphatic heterocycles. The van der Waals surface area contributed by atoms with E-state index >= 15 is 0 Å². The molecular weight excluding hydrogens is 393 g/mol. The molecule has 1 heterocycles. The van der Waals surface area contributed by atoms with Gasteiger partial charge < -0.3 is 5.11 Å². The second-order valence-corrected chi connectivity index (χ2v) is 7.34. The van der Waals surface area contributed by atoms with Crippen molar-refractivity contribution in [2.45, 2.75) is 13.0 Å². The number of amides is 1. The van der Waals surface area contributed by atoms with Crippen LogP contribution in [0.2, 0.25) is 0 Å². The van der Waals surface area contributed by atoms with Crippen LogP contribution in [-0.4, -0.2) is 16.8 Å². The monoisotopic (exact) mass is 413 g/mol. The number of ketones is 1. The van der Waals surface area contributed by atoms with E-state index in [4.69, 9.17) is 0 Å². The first-order valence-corrected chi connectivity index (χ1v) is 9.82. The molecule has 154 valence electrons. The Balaban J connectivity index is 1.78. The van der Waals surface area contributed by atoms with Crippen LogP contribution in [0.15, 0.2) is 96.3 Å². The van der Waals surface area contributed by atoms with E-state index in [0.717, 1.165) is 11.1 Å². The molecule has 1 N–H and O–H groups in total. The van der Waals surface area contributed by atoms with Crippen molar-refractivity contribution in [1.82, 2.24) is 0 Å². The number of aliphatic hydroxyl groups excluding tert-OH is 1. The van der Waals surface area contributed by atoms with E-state index in [1.165, 1.54) is 35.2 Å². The highest BCUT2D eigenvalue weighted by atomic mass is 19.1. The van der Waals surface area contributed by atoms with Crippen molar-refractivity contribution in [3.63, 3.8) is 0 Å². The number of benzene rings is 3. The van der Waals surface area contributed by atoms with Crippen molar-refractivity contribution in [1.29, 1.82) is 0 Å². The number of allylic oxidation sites excluding steroid dienone is 1. The minimum absolute atomic E-state index is 0.0376. The molecule has 1 atom stereocenters. The third kappa shape index (κ3) is 4.03. The first-order chi connectivity index (χ1) is 15.0. The van der Waals surface area contributed by atoms with Crippen molar-refractivity contribution < 1.29 is 19.1 Å². The molecule has 31 heavy (non-hydrogen) atoms. The van der Waals surface area contributed by atoms with Crippen LogP contribution < -0.4 is 4.90 Å². The van der Waals surface area contributed by atoms with Crippen LogP contribution in [0.3, 0.4) is 0 Å². The first kappa shape index (κ1) is 20.3. The molecule has 0 radical (unpaired) electrons. The number of rotatable bonds is 5. The van der Waals surface area contributed by atoms with Crippen molar-refractivity contribution in [2.24, 2.45) is 0 Å². The number of hydrogen-bond acceptors (Lipinski definition) is 3. The number of hydrogen-bond donors (Lipinski definition) is 1. The Morgan fingerprint density at radius 2 is 1.61 bits per heavy atom. The predicted molar refractivity (Wildman–Crippen MR) is 118 cm³/mol. The molecule has 3 aromatic carbocycles. The molecule has 5 heteroatoms. The molecule has 0 unspecified atom stereocenters. The largest absolute Gasteiger partial charge is 0.503 e. The van der Waals surface area contributed by atoms with Crippen LogP contribution in [0.4, 0.5) is 10.1 Å². The topological polar surface area (TPSA) is 57.6 Å². The summed E-state index contributed by atoms with van der Waals surface area (Å²) in [6.07, 6.45) is 2.96. The number of nitrogens with zero attached hydrogens (tertiary/aromatic N) is 1. The quantitative estimate of drug-likeness (QED) is 0.576. The molecule has 1 aliphatic rings. The second kappa shape index (κ2) is 8.40. The minimum atomic E-state index is -0.872. The van der Waals surface area contributed by atoms with Gasteiger partial charge in [0.2, 0.25) is 0 Å². The summed E-state index contributed by atoms with van der Waals surface area (Å²) < 4.78 is 13.5. The van der Waals surface area contributed by atoms with Crippen molar-refractivity contribution in [3.05, 3.63) is 119 Å². The number of aliphatic hydroxyl groups is 1. The zero-order valence-electron chi connectivity index (χ0n) is 16.8. The van der Waals surface area contributed by atoms with E-state index in [1.54, 1.807) is 18.2 Å². The van der Waals surface area contributed by atoms with Crippen LogP contribution in [0.25, 0.3) is 6.08 Å². The maximum absolute atomic E-state index is 13.5. The zero-order valence-corrected chi connectivity index (χ0v) is 16.8. The fraction of sp³-hybridized carbons (Fsp3) is 0.0769. The molecule has 0 bridgehead atoms. The summed E-state index contributed by atoms with van der Waals surface area (Å²) in [5.41, 5.74) is 2.84. The smallest absolute Gasteiger partial charge is 0.294 e. The van der Waals surface area contributed by atoms with Gasteiger partial charge >= 0.3 is 0 Å². The van der Waals surface area contributed by atoms with E-state index < -0.39 is 29.3 Å². The molecule has 0 spiro atoms. The van der Waals surface area contributed by atoms with Crippen LogP contribution >= 0.6 is 0 Å². The fourth-order valence-electron chi connectivity index (χ4n) is 3.61. The normalized spacial score (nSPS) is 16.4. The molecule has 4 rings (SSSR count). The molecule has 1 amide bonds. The third-order valence-corrected chi connectivity index (χ3v) is 5.20. The van der Waals surface area contributed by atoms with E-state index in [1.807, 2.05) is 49.4 Å². The average Bonchev–Trinajstić information content (AvgIpc) is 3.05. The van der Waals surface area contributed by atoms with Gasteiger partial charge in [-0.25, -0.2) is 4.39 Å². The van der Waals surface area contributed by atoms with Gasteiger partial charge in [0.15, 0.2) is 11.5 Å². The summed E-state index contributed by atoms with van der Waals surface area (Å²) >= 11 is 0. The molecule has 0 saturated heterocycles. The Morgan fingerprint density at radius 3 is 2.26 bits per heavy atom. The van der Waals surface area contributed by atoms with Crippen LogP contribution in [0, 0.1) is 12.7 Å². The molecule has 3 aromatic rings. The summed E-state index contributed by atoms with van der Waals surface area (Å²) in [5.74, 6) is -2.19. The van der Waals surface area contributed by atoms with E-state index in [-0.39, 0.29) is 5.57 Å². The lowest BCUT2D eigenvalue weighted by Crippen LogP contribution is -2.30. The number of aryl methyl sites for hydroxylation is 1. The lowest BCUT2D eigenvalue weighted by Gasteiger charge is -2.26. The van der Waals surface area contributed by atoms with Crippen LogP contribution in [0.1, 0.15) is 22.7 Å². The maximum atomic E-state index is 13.5. The lowest BCUT2D eigenvalue weighted by molar-refractivity contribution is -0.117. The Hall–Kier alpha value is -3.99. The number of carbonyl (C=O) groups excluding carboxylic acids is 2. The molecule has 0 aromatic heterocycles. The number of halogens is 1. The van der Waals surface area contributed by atoms with Gasteiger partial charge in [-0.1, -0.05) is 66.2 Å². The third-order valence-electron chi connectivity index (χ3n) is 5.20. The highest BCUT2D eigenvalue weighted by molar-refractivity contribution is 6.19. The predicted octanol–water partition coefficient (Wildman–Crippen LogP) is 5.32. The highest BCUT2D eigenvalue weighted by Gasteiger charge is 2.43. The molecule has 0 saturated carbocycles. The van der Waals surface area contributed by atoms with Gasteiger partial charge in [-0.2, -0.15) is 0 Å². The summed E-state index contributed by atoms with van der Waals surface area (Å²) in [7, 11) is 0. The summed E-state index contributed by atoms with van der Waals surface area (Å²) in [6.45, 7) is 1.92. The lowest BCUT2D eigenvalue weighted by atomic mass is 9.95. The van der Waals surface area contributed by atoms with Crippen molar-refractivity contribution in [3.8, 4) is 0 Å². The van der Waals surface area contributed by atoms with Gasteiger partial charge in [0, 0.05) is 5.69 Å². The van der Waals surface area contributed by atoms with Gasteiger partial charge in [0.05, 0.1) is 11.6 Å². The molecular formula is C26H20FNO3. The second-order valence-electron chi connectivity index (χ2n) is 7.34. The Morgan fingerprint density at radius 1 is 0.968 bits per heavy atom. The van der Waals surface area contributed by atoms with Crippen molar-refractivity contribution in [2.75, 3.05) is 4.90 Å². The maximum Gasteiger partial charge on any atom is 0.294 e. The van der Waals surface area contributed by atoms with E-state index in [2.05, 4.69) is 0 Å². The summed E-state index contributed by atoms with van der Waals surface area (Å²) in [5, 5.41) is 10.7. The first-order valence-electron chi connectivity index (χ1n) is 9.82. The van der Waals surface area contributed by atoms with Gasteiger partial charge in [-0.15, -0.1) is 0 Å². The highest BCUT2D eigenvalue weighted by Crippen LogP contribution is 2.41. The standard InChI is InChI=1S/C26H20FNO3/c1-17-7-14-21(15-8-17)28-24(19-10-12-20(27)13-11-19)23(25(30)26(28)31)22(29)16-9-18-5-3-2-4-6-18/h2-16,24,30H,1H3/b16-9+/t24-/m1/s1. The summed E-state index contributed by atoms with van der Waals surface area (Å²) in [6, 6.07) is 21.1. The zero-order chi connectivity index (χ0) is 22.0. The van der Waals surface area contributed by atoms with Gasteiger partial charge in [-0.05, 0) is 48.4 Å². The van der Waals surface area contributed by atoms with E-state index in [0.29, 0.717) is 11.3 Å². The Kier molecular flexibility index (Phi) is 5.50. The molecule has 0 fully saturated rings. The van der Waals surface area contributed by atoms with Gasteiger partial charge in [0.1, 0.15) is 5.82 Å². The Labute approximate surface area is 179 Å². The van der Waals surface area contributed by atoms with E-state index in [9.17, 15) is 19.1 Å². The van der Waals surface area contributed by atoms with Gasteiger partial charge in [0.25, 0.3) is 5.91 Å². The minimum Gasteiger partial charge on any atom is -0.503 e. The Bertz CT molecular complexity index is 1180.